The second-order valence-corrected chi connectivity index (χ2v) is 7.02. The Bertz CT molecular complexity index is 384. The van der Waals surface area contributed by atoms with Gasteiger partial charge in [-0.25, -0.2) is 0 Å². The number of rotatable bonds is 4. The van der Waals surface area contributed by atoms with Crippen molar-refractivity contribution < 1.29 is 4.42 Å². The van der Waals surface area contributed by atoms with E-state index < -0.39 is 0 Å². The zero-order valence-electron chi connectivity index (χ0n) is 13.4. The van der Waals surface area contributed by atoms with Crippen LogP contribution in [0.5, 0.6) is 0 Å². The lowest BCUT2D eigenvalue weighted by Gasteiger charge is -2.25. The van der Waals surface area contributed by atoms with Crippen LogP contribution >= 0.6 is 0 Å². The van der Waals surface area contributed by atoms with Gasteiger partial charge in [-0.05, 0) is 52.8 Å². The molecule has 3 nitrogen and oxygen atoms in total. The zero-order valence-corrected chi connectivity index (χ0v) is 13.4. The summed E-state index contributed by atoms with van der Waals surface area (Å²) < 4.78 is 5.67. The summed E-state index contributed by atoms with van der Waals surface area (Å²) in [5, 5.41) is 3.51. The highest BCUT2D eigenvalue weighted by molar-refractivity contribution is 5.17. The van der Waals surface area contributed by atoms with Crippen molar-refractivity contribution in [3.8, 4) is 0 Å². The van der Waals surface area contributed by atoms with Gasteiger partial charge in [-0.2, -0.15) is 0 Å². The zero-order chi connectivity index (χ0) is 14.4. The molecule has 1 saturated heterocycles. The molecule has 1 N–H and O–H groups in total. The molecule has 0 radical (unpaired) electrons. The standard InChI is InChI=1S/C17H30N2O/c1-17(2,3)18-13-16-15(9-12-20-16)14-19-10-7-5-4-6-8-11-19/h9,12,18H,4-8,10-11,13-14H2,1-3H3. The van der Waals surface area contributed by atoms with Crippen LogP contribution in [0, 0.1) is 0 Å². The first kappa shape index (κ1) is 15.6. The van der Waals surface area contributed by atoms with Crippen LogP contribution in [0.2, 0.25) is 0 Å². The Hall–Kier alpha value is -0.800. The molecular formula is C17H30N2O. The molecule has 0 unspecified atom stereocenters. The highest BCUT2D eigenvalue weighted by Gasteiger charge is 2.15. The van der Waals surface area contributed by atoms with E-state index in [9.17, 15) is 0 Å². The van der Waals surface area contributed by atoms with E-state index in [2.05, 4.69) is 37.1 Å². The third kappa shape index (κ3) is 5.29. The van der Waals surface area contributed by atoms with Gasteiger partial charge in [0, 0.05) is 17.6 Å². The molecule has 2 heterocycles. The van der Waals surface area contributed by atoms with Gasteiger partial charge in [0.05, 0.1) is 12.8 Å². The molecule has 3 heteroatoms. The third-order valence-electron chi connectivity index (χ3n) is 3.96. The van der Waals surface area contributed by atoms with Gasteiger partial charge in [-0.15, -0.1) is 0 Å². The summed E-state index contributed by atoms with van der Waals surface area (Å²) in [4.78, 5) is 2.59. The number of furan rings is 1. The van der Waals surface area contributed by atoms with E-state index in [1.807, 2.05) is 6.26 Å². The Morgan fingerprint density at radius 2 is 1.75 bits per heavy atom. The minimum absolute atomic E-state index is 0.130. The normalized spacial score (nSPS) is 18.8. The van der Waals surface area contributed by atoms with E-state index in [1.54, 1.807) is 0 Å². The molecule has 0 amide bonds. The average Bonchev–Trinajstić information content (AvgIpc) is 2.76. The summed E-state index contributed by atoms with van der Waals surface area (Å²) in [6.45, 7) is 10.9. The van der Waals surface area contributed by atoms with Crippen molar-refractivity contribution in [1.82, 2.24) is 10.2 Å². The van der Waals surface area contributed by atoms with E-state index in [-0.39, 0.29) is 5.54 Å². The summed E-state index contributed by atoms with van der Waals surface area (Å²) in [6.07, 6.45) is 8.71. The Morgan fingerprint density at radius 3 is 2.40 bits per heavy atom. The van der Waals surface area contributed by atoms with Crippen molar-refractivity contribution in [2.24, 2.45) is 0 Å². The fourth-order valence-corrected chi connectivity index (χ4v) is 2.72. The van der Waals surface area contributed by atoms with Crippen LogP contribution in [0.3, 0.4) is 0 Å². The summed E-state index contributed by atoms with van der Waals surface area (Å²) in [5.74, 6) is 1.10. The van der Waals surface area contributed by atoms with Gasteiger partial charge in [0.1, 0.15) is 5.76 Å². The maximum atomic E-state index is 5.67. The third-order valence-corrected chi connectivity index (χ3v) is 3.96. The molecule has 0 spiro atoms. The smallest absolute Gasteiger partial charge is 0.122 e. The van der Waals surface area contributed by atoms with Crippen LogP contribution in [0.4, 0.5) is 0 Å². The van der Waals surface area contributed by atoms with Crippen molar-refractivity contribution in [2.45, 2.75) is 71.5 Å². The van der Waals surface area contributed by atoms with Crippen LogP contribution in [0.1, 0.15) is 64.2 Å². The molecular weight excluding hydrogens is 248 g/mol. The van der Waals surface area contributed by atoms with Crippen LogP contribution in [0.15, 0.2) is 16.7 Å². The van der Waals surface area contributed by atoms with E-state index >= 15 is 0 Å². The molecule has 0 saturated carbocycles. The van der Waals surface area contributed by atoms with E-state index in [0.29, 0.717) is 0 Å². The summed E-state index contributed by atoms with van der Waals surface area (Å²) in [6, 6.07) is 2.14. The predicted octanol–water partition coefficient (Wildman–Crippen LogP) is 3.93. The van der Waals surface area contributed by atoms with Gasteiger partial charge in [0.15, 0.2) is 0 Å². The number of hydrogen-bond donors (Lipinski definition) is 1. The molecule has 20 heavy (non-hydrogen) atoms. The van der Waals surface area contributed by atoms with Gasteiger partial charge >= 0.3 is 0 Å². The van der Waals surface area contributed by atoms with Gasteiger partial charge in [0.2, 0.25) is 0 Å². The van der Waals surface area contributed by atoms with Gasteiger partial charge < -0.3 is 9.73 Å². The first-order chi connectivity index (χ1) is 9.54. The van der Waals surface area contributed by atoms with Crippen molar-refractivity contribution in [2.75, 3.05) is 13.1 Å². The number of likely N-dealkylation sites (tertiary alicyclic amines) is 1. The highest BCUT2D eigenvalue weighted by atomic mass is 16.3. The summed E-state index contributed by atoms with van der Waals surface area (Å²) in [5.41, 5.74) is 1.48. The lowest BCUT2D eigenvalue weighted by Crippen LogP contribution is -2.35. The summed E-state index contributed by atoms with van der Waals surface area (Å²) >= 11 is 0. The molecule has 1 aliphatic rings. The molecule has 1 aliphatic heterocycles. The van der Waals surface area contributed by atoms with Gasteiger partial charge in [0.25, 0.3) is 0 Å². The molecule has 2 rings (SSSR count). The predicted molar refractivity (Wildman–Crippen MR) is 83.7 cm³/mol. The number of nitrogens with zero attached hydrogens (tertiary/aromatic N) is 1. The first-order valence-electron chi connectivity index (χ1n) is 8.07. The SMILES string of the molecule is CC(C)(C)NCc1occc1CN1CCCCCCC1. The van der Waals surface area contributed by atoms with E-state index in [4.69, 9.17) is 4.42 Å². The van der Waals surface area contributed by atoms with E-state index in [1.165, 1.54) is 50.8 Å². The van der Waals surface area contributed by atoms with Crippen LogP contribution in [0.25, 0.3) is 0 Å². The average molecular weight is 278 g/mol. The van der Waals surface area contributed by atoms with Crippen LogP contribution in [-0.2, 0) is 13.1 Å². The maximum absolute atomic E-state index is 5.67. The molecule has 1 aromatic rings. The lowest BCUT2D eigenvalue weighted by molar-refractivity contribution is 0.237. The summed E-state index contributed by atoms with van der Waals surface area (Å²) in [7, 11) is 0. The Labute approximate surface area is 123 Å². The minimum Gasteiger partial charge on any atom is -0.468 e. The molecule has 114 valence electrons. The monoisotopic (exact) mass is 278 g/mol. The minimum atomic E-state index is 0.130. The molecule has 1 fully saturated rings. The van der Waals surface area contributed by atoms with Crippen molar-refractivity contribution in [3.05, 3.63) is 23.7 Å². The number of hydrogen-bond acceptors (Lipinski definition) is 3. The molecule has 0 aromatic carbocycles. The van der Waals surface area contributed by atoms with Crippen molar-refractivity contribution in [1.29, 1.82) is 0 Å². The van der Waals surface area contributed by atoms with Crippen molar-refractivity contribution in [3.63, 3.8) is 0 Å². The maximum Gasteiger partial charge on any atom is 0.122 e. The van der Waals surface area contributed by atoms with Crippen molar-refractivity contribution >= 4 is 0 Å². The second-order valence-electron chi connectivity index (χ2n) is 7.02. The van der Waals surface area contributed by atoms with Crippen LogP contribution in [-0.4, -0.2) is 23.5 Å². The highest BCUT2D eigenvalue weighted by Crippen LogP contribution is 2.17. The Balaban J connectivity index is 1.90. The molecule has 0 atom stereocenters. The fourth-order valence-electron chi connectivity index (χ4n) is 2.72. The van der Waals surface area contributed by atoms with Crippen LogP contribution < -0.4 is 5.32 Å². The largest absolute Gasteiger partial charge is 0.468 e. The quantitative estimate of drug-likeness (QED) is 0.904. The fraction of sp³-hybridized carbons (Fsp3) is 0.765. The first-order valence-corrected chi connectivity index (χ1v) is 8.07. The Morgan fingerprint density at radius 1 is 1.10 bits per heavy atom. The van der Waals surface area contributed by atoms with Gasteiger partial charge in [-0.1, -0.05) is 19.3 Å². The topological polar surface area (TPSA) is 28.4 Å². The van der Waals surface area contributed by atoms with Gasteiger partial charge in [-0.3, -0.25) is 4.90 Å². The molecule has 0 bridgehead atoms. The molecule has 0 aliphatic carbocycles. The lowest BCUT2D eigenvalue weighted by atomic mass is 10.1. The number of nitrogens with one attached hydrogen (secondary N) is 1. The van der Waals surface area contributed by atoms with E-state index in [0.717, 1.165) is 18.8 Å². The molecule has 1 aromatic heterocycles. The second kappa shape index (κ2) is 7.28. The Kier molecular flexibility index (Phi) is 5.67.